The summed E-state index contributed by atoms with van der Waals surface area (Å²) in [6, 6.07) is 5.71. The van der Waals surface area contributed by atoms with Gasteiger partial charge in [0.15, 0.2) is 0 Å². The maximum absolute atomic E-state index is 6.19. The summed E-state index contributed by atoms with van der Waals surface area (Å²) in [5.74, 6) is 1.53. The molecule has 1 saturated carbocycles. The highest BCUT2D eigenvalue weighted by Crippen LogP contribution is 2.39. The summed E-state index contributed by atoms with van der Waals surface area (Å²) in [7, 11) is 1.66. The summed E-state index contributed by atoms with van der Waals surface area (Å²) in [5.41, 5.74) is 6.96. The van der Waals surface area contributed by atoms with Crippen molar-refractivity contribution in [2.75, 3.05) is 13.7 Å². The van der Waals surface area contributed by atoms with Gasteiger partial charge in [0.25, 0.3) is 0 Å². The molecule has 3 N–H and O–H groups in total. The summed E-state index contributed by atoms with van der Waals surface area (Å²) in [6.07, 6.45) is 2.54. The maximum Gasteiger partial charge on any atom is 0.119 e. The molecule has 1 aliphatic carbocycles. The number of nitrogens with two attached hydrogens (primary N) is 1. The van der Waals surface area contributed by atoms with Crippen molar-refractivity contribution >= 4 is 11.6 Å². The van der Waals surface area contributed by atoms with Gasteiger partial charge in [-0.25, -0.2) is 0 Å². The first kappa shape index (κ1) is 13.7. The number of hydrogen-bond acceptors (Lipinski definition) is 3. The predicted molar refractivity (Wildman–Crippen MR) is 75.0 cm³/mol. The minimum Gasteiger partial charge on any atom is -0.497 e. The molecule has 1 aromatic rings. The van der Waals surface area contributed by atoms with Crippen LogP contribution in [0.4, 0.5) is 0 Å². The summed E-state index contributed by atoms with van der Waals surface area (Å²) in [5, 5.41) is 4.31. The third-order valence-electron chi connectivity index (χ3n) is 3.84. The van der Waals surface area contributed by atoms with Gasteiger partial charge in [-0.05, 0) is 49.4 Å². The largest absolute Gasteiger partial charge is 0.497 e. The molecule has 0 heterocycles. The van der Waals surface area contributed by atoms with Crippen LogP contribution < -0.4 is 15.8 Å². The third kappa shape index (κ3) is 2.97. The highest BCUT2D eigenvalue weighted by molar-refractivity contribution is 6.31. The topological polar surface area (TPSA) is 47.3 Å². The fourth-order valence-corrected chi connectivity index (χ4v) is 2.40. The van der Waals surface area contributed by atoms with Crippen LogP contribution in [0.25, 0.3) is 0 Å². The first-order chi connectivity index (χ1) is 8.59. The van der Waals surface area contributed by atoms with Gasteiger partial charge in [0.05, 0.1) is 7.11 Å². The second kappa shape index (κ2) is 5.47. The van der Waals surface area contributed by atoms with E-state index >= 15 is 0 Å². The molecule has 3 nitrogen and oxygen atoms in total. The Morgan fingerprint density at radius 3 is 2.78 bits per heavy atom. The van der Waals surface area contributed by atoms with Crippen LogP contribution in [0.1, 0.15) is 25.3 Å². The summed E-state index contributed by atoms with van der Waals surface area (Å²) in [6.45, 7) is 3.57. The summed E-state index contributed by atoms with van der Waals surface area (Å²) in [4.78, 5) is 0. The Balaban J connectivity index is 2.04. The molecule has 1 unspecified atom stereocenters. The Labute approximate surface area is 114 Å². The van der Waals surface area contributed by atoms with Gasteiger partial charge in [0.1, 0.15) is 5.75 Å². The zero-order chi connectivity index (χ0) is 13.2. The number of ether oxygens (including phenoxy) is 1. The van der Waals surface area contributed by atoms with E-state index in [-0.39, 0.29) is 5.54 Å². The van der Waals surface area contributed by atoms with E-state index in [4.69, 9.17) is 22.1 Å². The number of hydrogen-bond donors (Lipinski definition) is 2. The molecule has 0 bridgehead atoms. The zero-order valence-electron chi connectivity index (χ0n) is 11.0. The van der Waals surface area contributed by atoms with E-state index in [9.17, 15) is 0 Å². The van der Waals surface area contributed by atoms with Crippen LogP contribution in [0.5, 0.6) is 5.75 Å². The average molecular weight is 269 g/mol. The Hall–Kier alpha value is -0.770. The van der Waals surface area contributed by atoms with Crippen LogP contribution in [0.2, 0.25) is 5.02 Å². The lowest BCUT2D eigenvalue weighted by molar-refractivity contribution is 0.316. The van der Waals surface area contributed by atoms with Crippen molar-refractivity contribution in [3.63, 3.8) is 0 Å². The highest BCUT2D eigenvalue weighted by atomic mass is 35.5. The van der Waals surface area contributed by atoms with E-state index in [0.29, 0.717) is 12.5 Å². The fourth-order valence-electron chi connectivity index (χ4n) is 2.21. The number of halogens is 1. The molecule has 2 rings (SSSR count). The van der Waals surface area contributed by atoms with E-state index in [0.717, 1.165) is 22.9 Å². The smallest absolute Gasteiger partial charge is 0.119 e. The molecule has 0 spiro atoms. The Morgan fingerprint density at radius 1 is 1.50 bits per heavy atom. The van der Waals surface area contributed by atoms with E-state index < -0.39 is 0 Å². The molecule has 0 aromatic heterocycles. The first-order valence-electron chi connectivity index (χ1n) is 6.36. The van der Waals surface area contributed by atoms with Crippen LogP contribution in [0.15, 0.2) is 18.2 Å². The second-order valence-electron chi connectivity index (χ2n) is 5.21. The molecule has 0 saturated heterocycles. The molecule has 4 heteroatoms. The molecule has 0 radical (unpaired) electrons. The zero-order valence-corrected chi connectivity index (χ0v) is 11.8. The molecule has 1 atom stereocenters. The monoisotopic (exact) mass is 268 g/mol. The van der Waals surface area contributed by atoms with E-state index in [2.05, 4.69) is 12.2 Å². The van der Waals surface area contributed by atoms with Gasteiger partial charge in [-0.2, -0.15) is 0 Å². The molecule has 18 heavy (non-hydrogen) atoms. The van der Waals surface area contributed by atoms with E-state index in [1.54, 1.807) is 7.11 Å². The van der Waals surface area contributed by atoms with Crippen molar-refractivity contribution in [3.8, 4) is 5.75 Å². The van der Waals surface area contributed by atoms with Gasteiger partial charge in [-0.3, -0.25) is 0 Å². The van der Waals surface area contributed by atoms with Crippen molar-refractivity contribution < 1.29 is 4.74 Å². The molecular formula is C14H21ClN2O. The van der Waals surface area contributed by atoms with Gasteiger partial charge in [-0.15, -0.1) is 0 Å². The minimum absolute atomic E-state index is 0.0202. The van der Waals surface area contributed by atoms with Gasteiger partial charge in [0.2, 0.25) is 0 Å². The summed E-state index contributed by atoms with van der Waals surface area (Å²) >= 11 is 6.19. The van der Waals surface area contributed by atoms with Crippen molar-refractivity contribution in [2.24, 2.45) is 11.7 Å². The second-order valence-corrected chi connectivity index (χ2v) is 5.61. The quantitative estimate of drug-likeness (QED) is 0.834. The van der Waals surface area contributed by atoms with E-state index in [1.165, 1.54) is 12.8 Å². The molecule has 1 aromatic carbocycles. The Bertz CT molecular complexity index is 420. The molecule has 0 amide bonds. The van der Waals surface area contributed by atoms with Gasteiger partial charge >= 0.3 is 0 Å². The van der Waals surface area contributed by atoms with Crippen LogP contribution in [0.3, 0.4) is 0 Å². The molecule has 100 valence electrons. The molecule has 1 fully saturated rings. The van der Waals surface area contributed by atoms with Crippen LogP contribution >= 0.6 is 11.6 Å². The number of rotatable bonds is 6. The van der Waals surface area contributed by atoms with Crippen molar-refractivity contribution in [1.82, 2.24) is 5.32 Å². The van der Waals surface area contributed by atoms with Crippen LogP contribution in [0, 0.1) is 5.92 Å². The number of methoxy groups -OCH3 is 1. The van der Waals surface area contributed by atoms with Gasteiger partial charge in [0, 0.05) is 23.7 Å². The van der Waals surface area contributed by atoms with Gasteiger partial charge < -0.3 is 15.8 Å². The van der Waals surface area contributed by atoms with E-state index in [1.807, 2.05) is 18.2 Å². The average Bonchev–Trinajstić information content (AvgIpc) is 3.22. The number of benzene rings is 1. The molecule has 1 aliphatic rings. The molecular weight excluding hydrogens is 248 g/mol. The van der Waals surface area contributed by atoms with Crippen molar-refractivity contribution in [1.29, 1.82) is 0 Å². The lowest BCUT2D eigenvalue weighted by Gasteiger charge is -2.30. The Kier molecular flexibility index (Phi) is 4.15. The first-order valence-corrected chi connectivity index (χ1v) is 6.74. The normalized spacial score (nSPS) is 18.4. The molecule has 0 aliphatic heterocycles. The SMILES string of the molecule is COc1ccc(Cl)c(CNC(C)(CN)C2CC2)c1. The summed E-state index contributed by atoms with van der Waals surface area (Å²) < 4.78 is 5.22. The van der Waals surface area contributed by atoms with Crippen LogP contribution in [-0.2, 0) is 6.54 Å². The lowest BCUT2D eigenvalue weighted by atomic mass is 9.95. The Morgan fingerprint density at radius 2 is 2.22 bits per heavy atom. The highest BCUT2D eigenvalue weighted by Gasteiger charge is 2.39. The van der Waals surface area contributed by atoms with Gasteiger partial charge in [-0.1, -0.05) is 11.6 Å². The van der Waals surface area contributed by atoms with Crippen LogP contribution in [-0.4, -0.2) is 19.2 Å². The standard InChI is InChI=1S/C14H21ClN2O/c1-14(9-16,11-3-4-11)17-8-10-7-12(18-2)5-6-13(10)15/h5-7,11,17H,3-4,8-9,16H2,1-2H3. The van der Waals surface area contributed by atoms with Crippen molar-refractivity contribution in [3.05, 3.63) is 28.8 Å². The maximum atomic E-state index is 6.19. The number of nitrogens with one attached hydrogen (secondary N) is 1. The predicted octanol–water partition coefficient (Wildman–Crippen LogP) is 2.57. The fraction of sp³-hybridized carbons (Fsp3) is 0.571. The minimum atomic E-state index is 0.0202. The third-order valence-corrected chi connectivity index (χ3v) is 4.21. The lowest BCUT2D eigenvalue weighted by Crippen LogP contribution is -2.50. The van der Waals surface area contributed by atoms with Crippen molar-refractivity contribution in [2.45, 2.75) is 31.8 Å².